The van der Waals surface area contributed by atoms with Gasteiger partial charge < -0.3 is 16.0 Å². The molecule has 1 heterocycles. The number of rotatable bonds is 2. The van der Waals surface area contributed by atoms with Crippen molar-refractivity contribution in [2.75, 3.05) is 18.4 Å². The van der Waals surface area contributed by atoms with Crippen LogP contribution >= 0.6 is 23.2 Å². The molecule has 4 nitrogen and oxygen atoms in total. The minimum Gasteiger partial charge on any atom is -0.328 e. The molecule has 2 rings (SSSR count). The quantitative estimate of drug-likeness (QED) is 0.876. The molecule has 2 amide bonds. The summed E-state index contributed by atoms with van der Waals surface area (Å²) in [5, 5.41) is 3.82. The fraction of sp³-hybridized carbons (Fsp3) is 0.500. The minimum absolute atomic E-state index is 0.0710. The van der Waals surface area contributed by atoms with Crippen LogP contribution in [0.15, 0.2) is 18.2 Å². The lowest BCUT2D eigenvalue weighted by Crippen LogP contribution is -2.52. The monoisotopic (exact) mass is 315 g/mol. The van der Waals surface area contributed by atoms with Crippen LogP contribution in [0.5, 0.6) is 0 Å². The molecule has 3 N–H and O–H groups in total. The molecule has 1 aromatic carbocycles. The second-order valence-corrected chi connectivity index (χ2v) is 6.01. The number of nitrogens with one attached hydrogen (secondary N) is 1. The molecule has 0 spiro atoms. The maximum atomic E-state index is 12.4. The minimum atomic E-state index is -0.170. The molecule has 1 aliphatic rings. The summed E-state index contributed by atoms with van der Waals surface area (Å²) in [6, 6.07) is 4.90. The van der Waals surface area contributed by atoms with Gasteiger partial charge in [0, 0.05) is 24.2 Å². The van der Waals surface area contributed by atoms with Gasteiger partial charge in [-0.2, -0.15) is 0 Å². The highest BCUT2D eigenvalue weighted by Crippen LogP contribution is 2.27. The third-order valence-electron chi connectivity index (χ3n) is 3.79. The first-order valence-corrected chi connectivity index (χ1v) is 7.51. The second-order valence-electron chi connectivity index (χ2n) is 5.17. The van der Waals surface area contributed by atoms with Crippen LogP contribution in [0.1, 0.15) is 19.8 Å². The molecule has 2 unspecified atom stereocenters. The number of hydrogen-bond donors (Lipinski definition) is 2. The molecular weight excluding hydrogens is 297 g/mol. The smallest absolute Gasteiger partial charge is 0.322 e. The van der Waals surface area contributed by atoms with Crippen molar-refractivity contribution in [3.05, 3.63) is 28.2 Å². The molecule has 1 aliphatic heterocycles. The summed E-state index contributed by atoms with van der Waals surface area (Å²) in [4.78, 5) is 14.2. The standard InChI is InChI=1S/C14H19Cl2N3O/c1-9-3-2-6-19(13(9)8-17)14(20)18-12-7-10(15)4-5-11(12)16/h4-5,7,9,13H,2-3,6,8,17H2,1H3,(H,18,20). The molecule has 1 saturated heterocycles. The first kappa shape index (κ1) is 15.4. The van der Waals surface area contributed by atoms with E-state index in [4.69, 9.17) is 28.9 Å². The number of piperidine rings is 1. The van der Waals surface area contributed by atoms with Gasteiger partial charge >= 0.3 is 6.03 Å². The lowest BCUT2D eigenvalue weighted by Gasteiger charge is -2.39. The normalized spacial score (nSPS) is 22.7. The van der Waals surface area contributed by atoms with Crippen molar-refractivity contribution >= 4 is 34.9 Å². The van der Waals surface area contributed by atoms with Gasteiger partial charge in [-0.05, 0) is 37.0 Å². The van der Waals surface area contributed by atoms with E-state index in [1.54, 1.807) is 23.1 Å². The number of amides is 2. The highest BCUT2D eigenvalue weighted by molar-refractivity contribution is 6.35. The summed E-state index contributed by atoms with van der Waals surface area (Å²) >= 11 is 12.0. The van der Waals surface area contributed by atoms with Crippen molar-refractivity contribution < 1.29 is 4.79 Å². The van der Waals surface area contributed by atoms with E-state index in [1.165, 1.54) is 0 Å². The number of likely N-dealkylation sites (tertiary alicyclic amines) is 1. The summed E-state index contributed by atoms with van der Waals surface area (Å²) in [7, 11) is 0. The number of hydrogen-bond acceptors (Lipinski definition) is 2. The van der Waals surface area contributed by atoms with Gasteiger partial charge in [-0.25, -0.2) is 4.79 Å². The Morgan fingerprint density at radius 1 is 1.50 bits per heavy atom. The van der Waals surface area contributed by atoms with Gasteiger partial charge in [-0.3, -0.25) is 0 Å². The van der Waals surface area contributed by atoms with Gasteiger partial charge in [0.05, 0.1) is 10.7 Å². The Morgan fingerprint density at radius 2 is 2.25 bits per heavy atom. The van der Waals surface area contributed by atoms with Gasteiger partial charge in [-0.15, -0.1) is 0 Å². The third kappa shape index (κ3) is 3.37. The molecule has 6 heteroatoms. The van der Waals surface area contributed by atoms with E-state index >= 15 is 0 Å². The van der Waals surface area contributed by atoms with Gasteiger partial charge in [0.25, 0.3) is 0 Å². The van der Waals surface area contributed by atoms with E-state index in [0.29, 0.717) is 28.2 Å². The van der Waals surface area contributed by atoms with Crippen LogP contribution in [0.3, 0.4) is 0 Å². The number of carbonyl (C=O) groups is 1. The zero-order chi connectivity index (χ0) is 14.7. The molecule has 2 atom stereocenters. The van der Waals surface area contributed by atoms with Crippen molar-refractivity contribution in [3.8, 4) is 0 Å². The Balaban J connectivity index is 2.12. The predicted octanol–water partition coefficient (Wildman–Crippen LogP) is 3.58. The lowest BCUT2D eigenvalue weighted by molar-refractivity contribution is 0.133. The summed E-state index contributed by atoms with van der Waals surface area (Å²) in [6.45, 7) is 3.32. The fourth-order valence-corrected chi connectivity index (χ4v) is 2.98. The molecule has 0 radical (unpaired) electrons. The topological polar surface area (TPSA) is 58.4 Å². The first-order chi connectivity index (χ1) is 9.52. The molecule has 20 heavy (non-hydrogen) atoms. The first-order valence-electron chi connectivity index (χ1n) is 6.75. The van der Waals surface area contributed by atoms with Crippen LogP contribution in [0.4, 0.5) is 10.5 Å². The fourth-order valence-electron chi connectivity index (χ4n) is 2.64. The van der Waals surface area contributed by atoms with Gasteiger partial charge in [0.1, 0.15) is 0 Å². The molecule has 0 bridgehead atoms. The second kappa shape index (κ2) is 6.66. The zero-order valence-electron chi connectivity index (χ0n) is 11.4. The van der Waals surface area contributed by atoms with Crippen LogP contribution < -0.4 is 11.1 Å². The van der Waals surface area contributed by atoms with E-state index < -0.39 is 0 Å². The van der Waals surface area contributed by atoms with Crippen LogP contribution in [-0.2, 0) is 0 Å². The Hall–Kier alpha value is -0.970. The SMILES string of the molecule is CC1CCCN(C(=O)Nc2cc(Cl)ccc2Cl)C1CN. The summed E-state index contributed by atoms with van der Waals surface area (Å²) in [6.07, 6.45) is 2.10. The number of carbonyl (C=O) groups excluding carboxylic acids is 1. The Morgan fingerprint density at radius 3 is 2.95 bits per heavy atom. The van der Waals surface area contributed by atoms with E-state index in [1.807, 2.05) is 0 Å². The Labute approximate surface area is 129 Å². The molecule has 110 valence electrons. The molecule has 0 aromatic heterocycles. The van der Waals surface area contributed by atoms with Crippen LogP contribution in [0, 0.1) is 5.92 Å². The van der Waals surface area contributed by atoms with E-state index in [0.717, 1.165) is 19.4 Å². The highest BCUT2D eigenvalue weighted by Gasteiger charge is 2.30. The maximum Gasteiger partial charge on any atom is 0.322 e. The highest BCUT2D eigenvalue weighted by atomic mass is 35.5. The third-order valence-corrected chi connectivity index (χ3v) is 4.35. The Kier molecular flexibility index (Phi) is 5.13. The van der Waals surface area contributed by atoms with E-state index in [2.05, 4.69) is 12.2 Å². The number of halogens is 2. The molecular formula is C14H19Cl2N3O. The Bertz CT molecular complexity index is 495. The van der Waals surface area contributed by atoms with Crippen molar-refractivity contribution in [1.82, 2.24) is 4.90 Å². The number of benzene rings is 1. The predicted molar refractivity (Wildman–Crippen MR) is 83.4 cm³/mol. The van der Waals surface area contributed by atoms with Crippen molar-refractivity contribution in [2.24, 2.45) is 11.7 Å². The van der Waals surface area contributed by atoms with Gasteiger partial charge in [-0.1, -0.05) is 30.1 Å². The molecule has 0 aliphatic carbocycles. The van der Waals surface area contributed by atoms with E-state index in [9.17, 15) is 4.79 Å². The summed E-state index contributed by atoms with van der Waals surface area (Å²) in [5.74, 6) is 0.411. The average Bonchev–Trinajstić information content (AvgIpc) is 2.42. The summed E-state index contributed by atoms with van der Waals surface area (Å²) < 4.78 is 0. The van der Waals surface area contributed by atoms with Crippen molar-refractivity contribution in [2.45, 2.75) is 25.8 Å². The van der Waals surface area contributed by atoms with Crippen molar-refractivity contribution in [1.29, 1.82) is 0 Å². The molecule has 1 fully saturated rings. The van der Waals surface area contributed by atoms with E-state index in [-0.39, 0.29) is 12.1 Å². The average molecular weight is 316 g/mol. The number of nitrogens with zero attached hydrogens (tertiary/aromatic N) is 1. The molecule has 1 aromatic rings. The summed E-state index contributed by atoms with van der Waals surface area (Å²) in [5.41, 5.74) is 6.33. The largest absolute Gasteiger partial charge is 0.328 e. The van der Waals surface area contributed by atoms with Crippen LogP contribution in [-0.4, -0.2) is 30.1 Å². The lowest BCUT2D eigenvalue weighted by atomic mass is 9.91. The zero-order valence-corrected chi connectivity index (χ0v) is 12.9. The maximum absolute atomic E-state index is 12.4. The van der Waals surface area contributed by atoms with Gasteiger partial charge in [0.2, 0.25) is 0 Å². The molecule has 0 saturated carbocycles. The number of nitrogens with two attached hydrogens (primary N) is 1. The van der Waals surface area contributed by atoms with Crippen LogP contribution in [0.25, 0.3) is 0 Å². The number of anilines is 1. The van der Waals surface area contributed by atoms with Gasteiger partial charge in [0.15, 0.2) is 0 Å². The number of urea groups is 1. The van der Waals surface area contributed by atoms with Crippen molar-refractivity contribution in [3.63, 3.8) is 0 Å². The van der Waals surface area contributed by atoms with Crippen LogP contribution in [0.2, 0.25) is 10.0 Å².